The van der Waals surface area contributed by atoms with E-state index in [2.05, 4.69) is 13.8 Å². The van der Waals surface area contributed by atoms with Gasteiger partial charge in [0.1, 0.15) is 22.4 Å². The van der Waals surface area contributed by atoms with E-state index in [0.717, 1.165) is 22.6 Å². The molecule has 1 atom stereocenters. The van der Waals surface area contributed by atoms with Gasteiger partial charge in [-0.15, -0.1) is 11.3 Å². The fourth-order valence-corrected chi connectivity index (χ4v) is 4.81. The van der Waals surface area contributed by atoms with Crippen molar-refractivity contribution < 1.29 is 9.84 Å². The van der Waals surface area contributed by atoms with E-state index in [4.69, 9.17) is 15.1 Å². The minimum absolute atomic E-state index is 0.0309. The average molecular weight is 420 g/mol. The zero-order valence-corrected chi connectivity index (χ0v) is 18.1. The van der Waals surface area contributed by atoms with Crippen molar-refractivity contribution in [1.29, 1.82) is 5.41 Å². The molecule has 0 saturated carbocycles. The minimum atomic E-state index is -0.0309. The fraction of sp³-hybridized carbons (Fsp3) is 0.250. The van der Waals surface area contributed by atoms with Crippen LogP contribution in [0.5, 0.6) is 5.75 Å². The van der Waals surface area contributed by atoms with Gasteiger partial charge in [0.25, 0.3) is 0 Å². The standard InChI is InChI=1S/C24H25N3O2S/c1-15(2)22(17-9-11-18(29-3)12-10-17)27-13-20(28)21(23(27)25)24-26-19(14-30-24)16-7-5-4-6-8-16/h4-12,14-15,22,25,28H,13H2,1-3H3. The first-order valence-electron chi connectivity index (χ1n) is 9.92. The molecule has 30 heavy (non-hydrogen) atoms. The molecule has 4 rings (SSSR count). The van der Waals surface area contributed by atoms with E-state index in [1.54, 1.807) is 7.11 Å². The number of aromatic nitrogens is 1. The van der Waals surface area contributed by atoms with Crippen LogP contribution in [0.2, 0.25) is 0 Å². The number of hydrogen-bond donors (Lipinski definition) is 2. The average Bonchev–Trinajstić information content (AvgIpc) is 3.34. The first-order valence-corrected chi connectivity index (χ1v) is 10.8. The van der Waals surface area contributed by atoms with Gasteiger partial charge in [0.15, 0.2) is 0 Å². The van der Waals surface area contributed by atoms with Crippen molar-refractivity contribution in [3.63, 3.8) is 0 Å². The topological polar surface area (TPSA) is 69.4 Å². The monoisotopic (exact) mass is 419 g/mol. The van der Waals surface area contributed by atoms with Gasteiger partial charge >= 0.3 is 0 Å². The third kappa shape index (κ3) is 3.71. The number of amidine groups is 1. The van der Waals surface area contributed by atoms with Crippen LogP contribution in [0.4, 0.5) is 0 Å². The van der Waals surface area contributed by atoms with E-state index in [1.165, 1.54) is 11.3 Å². The number of thiazole rings is 1. The van der Waals surface area contributed by atoms with Crippen molar-refractivity contribution in [1.82, 2.24) is 9.88 Å². The highest BCUT2D eigenvalue weighted by Gasteiger charge is 2.36. The Balaban J connectivity index is 1.63. The van der Waals surface area contributed by atoms with Crippen LogP contribution in [-0.2, 0) is 0 Å². The summed E-state index contributed by atoms with van der Waals surface area (Å²) in [5.41, 5.74) is 3.51. The number of aliphatic hydroxyl groups is 1. The lowest BCUT2D eigenvalue weighted by Crippen LogP contribution is -2.34. The Morgan fingerprint density at radius 3 is 2.43 bits per heavy atom. The van der Waals surface area contributed by atoms with Gasteiger partial charge in [-0.3, -0.25) is 5.41 Å². The molecular weight excluding hydrogens is 394 g/mol. The number of hydrogen-bond acceptors (Lipinski definition) is 5. The maximum absolute atomic E-state index is 10.8. The molecule has 1 aromatic heterocycles. The van der Waals surface area contributed by atoms with Gasteiger partial charge in [-0.05, 0) is 23.6 Å². The van der Waals surface area contributed by atoms with Crippen molar-refractivity contribution in [3.05, 3.63) is 76.3 Å². The lowest BCUT2D eigenvalue weighted by Gasteiger charge is -2.33. The zero-order valence-electron chi connectivity index (χ0n) is 17.3. The fourth-order valence-electron chi connectivity index (χ4n) is 3.92. The number of aliphatic hydroxyl groups excluding tert-OH is 1. The molecule has 2 heterocycles. The number of nitrogens with zero attached hydrogens (tertiary/aromatic N) is 2. The summed E-state index contributed by atoms with van der Waals surface area (Å²) in [5.74, 6) is 1.57. The number of benzene rings is 2. The summed E-state index contributed by atoms with van der Waals surface area (Å²) in [5, 5.41) is 22.3. The number of ether oxygens (including phenoxy) is 1. The first-order chi connectivity index (χ1) is 14.5. The molecule has 1 unspecified atom stereocenters. The molecule has 1 aliphatic rings. The van der Waals surface area contributed by atoms with E-state index < -0.39 is 0 Å². The van der Waals surface area contributed by atoms with Crippen LogP contribution in [0.25, 0.3) is 16.8 Å². The number of methoxy groups -OCH3 is 1. The van der Waals surface area contributed by atoms with Gasteiger partial charge < -0.3 is 14.7 Å². The minimum Gasteiger partial charge on any atom is -0.510 e. The van der Waals surface area contributed by atoms with E-state index >= 15 is 0 Å². The molecule has 154 valence electrons. The van der Waals surface area contributed by atoms with Gasteiger partial charge in [0.2, 0.25) is 0 Å². The summed E-state index contributed by atoms with van der Waals surface area (Å²) in [6.07, 6.45) is 0. The summed E-state index contributed by atoms with van der Waals surface area (Å²) in [6.45, 7) is 4.57. The van der Waals surface area contributed by atoms with Gasteiger partial charge in [-0.25, -0.2) is 4.98 Å². The third-order valence-corrected chi connectivity index (χ3v) is 6.20. The smallest absolute Gasteiger partial charge is 0.135 e. The Bertz CT molecular complexity index is 1070. The lowest BCUT2D eigenvalue weighted by molar-refractivity contribution is 0.247. The lowest BCUT2D eigenvalue weighted by atomic mass is 9.94. The van der Waals surface area contributed by atoms with E-state index in [1.807, 2.05) is 64.9 Å². The van der Waals surface area contributed by atoms with Crippen molar-refractivity contribution in [3.8, 4) is 17.0 Å². The maximum atomic E-state index is 10.8. The normalized spacial score (nSPS) is 15.2. The van der Waals surface area contributed by atoms with Gasteiger partial charge in [0.05, 0.1) is 31.0 Å². The Morgan fingerprint density at radius 2 is 1.80 bits per heavy atom. The molecule has 0 saturated heterocycles. The SMILES string of the molecule is COc1ccc(C(C(C)C)N2CC(O)=C(c3nc(-c4ccccc4)cs3)C2=N)cc1. The molecule has 0 fully saturated rings. The highest BCUT2D eigenvalue weighted by Crippen LogP contribution is 2.39. The van der Waals surface area contributed by atoms with Gasteiger partial charge in [-0.2, -0.15) is 0 Å². The van der Waals surface area contributed by atoms with E-state index in [9.17, 15) is 5.11 Å². The first kappa shape index (κ1) is 20.2. The Labute approximate surface area is 180 Å². The van der Waals surface area contributed by atoms with Crippen LogP contribution in [0.3, 0.4) is 0 Å². The predicted molar refractivity (Wildman–Crippen MR) is 122 cm³/mol. The second-order valence-electron chi connectivity index (χ2n) is 7.66. The van der Waals surface area contributed by atoms with Crippen molar-refractivity contribution in [2.24, 2.45) is 5.92 Å². The van der Waals surface area contributed by atoms with Crippen LogP contribution in [0.15, 0.2) is 65.7 Å². The molecule has 2 aromatic carbocycles. The summed E-state index contributed by atoms with van der Waals surface area (Å²) in [4.78, 5) is 6.67. The van der Waals surface area contributed by atoms with Crippen LogP contribution < -0.4 is 4.74 Å². The Kier molecular flexibility index (Phi) is 5.59. The highest BCUT2D eigenvalue weighted by molar-refractivity contribution is 7.11. The summed E-state index contributed by atoms with van der Waals surface area (Å²) in [6, 6.07) is 17.9. The number of nitrogens with one attached hydrogen (secondary N) is 1. The summed E-state index contributed by atoms with van der Waals surface area (Å²) < 4.78 is 5.28. The molecule has 6 heteroatoms. The highest BCUT2D eigenvalue weighted by atomic mass is 32.1. The van der Waals surface area contributed by atoms with E-state index in [-0.39, 0.29) is 17.7 Å². The van der Waals surface area contributed by atoms with Crippen LogP contribution >= 0.6 is 11.3 Å². The summed E-state index contributed by atoms with van der Waals surface area (Å²) in [7, 11) is 1.65. The van der Waals surface area contributed by atoms with Crippen LogP contribution in [0.1, 0.15) is 30.5 Å². The molecule has 0 spiro atoms. The summed E-state index contributed by atoms with van der Waals surface area (Å²) >= 11 is 1.46. The molecular formula is C24H25N3O2S. The molecule has 5 nitrogen and oxygen atoms in total. The molecule has 0 bridgehead atoms. The predicted octanol–water partition coefficient (Wildman–Crippen LogP) is 5.78. The molecule has 2 N–H and O–H groups in total. The van der Waals surface area contributed by atoms with Crippen LogP contribution in [-0.4, -0.2) is 34.5 Å². The van der Waals surface area contributed by atoms with Gasteiger partial charge in [-0.1, -0.05) is 56.3 Å². The third-order valence-electron chi connectivity index (χ3n) is 5.34. The molecule has 0 radical (unpaired) electrons. The number of rotatable bonds is 6. The quantitative estimate of drug-likeness (QED) is 0.531. The Hall–Kier alpha value is -3.12. The molecule has 3 aromatic rings. The molecule has 0 aliphatic carbocycles. The maximum Gasteiger partial charge on any atom is 0.135 e. The second-order valence-corrected chi connectivity index (χ2v) is 8.52. The molecule has 1 aliphatic heterocycles. The van der Waals surface area contributed by atoms with E-state index in [0.29, 0.717) is 23.0 Å². The zero-order chi connectivity index (χ0) is 21.3. The van der Waals surface area contributed by atoms with Crippen LogP contribution in [0, 0.1) is 11.3 Å². The van der Waals surface area contributed by atoms with Crippen molar-refractivity contribution in [2.45, 2.75) is 19.9 Å². The largest absolute Gasteiger partial charge is 0.510 e. The van der Waals surface area contributed by atoms with Gasteiger partial charge in [0, 0.05) is 10.9 Å². The second kappa shape index (κ2) is 8.32. The van der Waals surface area contributed by atoms with Crippen molar-refractivity contribution >= 4 is 22.7 Å². The van der Waals surface area contributed by atoms with Crippen molar-refractivity contribution in [2.75, 3.05) is 13.7 Å². The Morgan fingerprint density at radius 1 is 1.10 bits per heavy atom. The molecule has 0 amide bonds.